The number of hydrogen-bond donors (Lipinski definition) is 2. The minimum Gasteiger partial charge on any atom is -0.497 e. The van der Waals surface area contributed by atoms with E-state index < -0.39 is 0 Å². The van der Waals surface area contributed by atoms with Gasteiger partial charge in [0.1, 0.15) is 5.75 Å². The first-order chi connectivity index (χ1) is 8.78. The van der Waals surface area contributed by atoms with Gasteiger partial charge in [0, 0.05) is 17.3 Å². The number of aromatic amines is 1. The van der Waals surface area contributed by atoms with Crippen molar-refractivity contribution in [2.45, 2.75) is 25.8 Å². The summed E-state index contributed by atoms with van der Waals surface area (Å²) in [5.74, 6) is 1.83. The molecule has 3 rings (SSSR count). The van der Waals surface area contributed by atoms with Crippen molar-refractivity contribution in [3.8, 4) is 16.9 Å². The topological polar surface area (TPSA) is 49.9 Å². The van der Waals surface area contributed by atoms with Crippen LogP contribution >= 0.6 is 0 Å². The van der Waals surface area contributed by atoms with Gasteiger partial charge in [-0.15, -0.1) is 0 Å². The number of H-pyrrole nitrogens is 1. The van der Waals surface area contributed by atoms with Crippen molar-refractivity contribution in [1.29, 1.82) is 0 Å². The van der Waals surface area contributed by atoms with E-state index in [0.717, 1.165) is 28.4 Å². The van der Waals surface area contributed by atoms with Crippen LogP contribution in [0, 0.1) is 6.92 Å². The predicted octanol–water partition coefficient (Wildman–Crippen LogP) is 2.97. The van der Waals surface area contributed by atoms with Gasteiger partial charge in [-0.1, -0.05) is 12.1 Å². The molecule has 94 valence electrons. The molecule has 1 aromatic heterocycles. The van der Waals surface area contributed by atoms with E-state index in [0.29, 0.717) is 6.04 Å². The molecule has 0 atom stereocenters. The van der Waals surface area contributed by atoms with E-state index in [-0.39, 0.29) is 0 Å². The highest BCUT2D eigenvalue weighted by Gasteiger charge is 2.24. The van der Waals surface area contributed by atoms with Crippen LogP contribution in [0.4, 0.5) is 5.82 Å². The summed E-state index contributed by atoms with van der Waals surface area (Å²) in [4.78, 5) is 0. The van der Waals surface area contributed by atoms with Gasteiger partial charge in [-0.25, -0.2) is 0 Å². The Bertz CT molecular complexity index is 541. The van der Waals surface area contributed by atoms with Crippen LogP contribution in [-0.4, -0.2) is 23.3 Å². The molecular formula is C14H17N3O. The Morgan fingerprint density at radius 2 is 2.00 bits per heavy atom. The molecule has 2 aromatic rings. The average molecular weight is 243 g/mol. The molecule has 1 aliphatic carbocycles. The van der Waals surface area contributed by atoms with Gasteiger partial charge >= 0.3 is 0 Å². The molecule has 4 nitrogen and oxygen atoms in total. The number of anilines is 1. The molecule has 4 heteroatoms. The average Bonchev–Trinajstić information content (AvgIpc) is 3.13. The highest BCUT2D eigenvalue weighted by atomic mass is 16.5. The number of hydrogen-bond acceptors (Lipinski definition) is 3. The monoisotopic (exact) mass is 243 g/mol. The zero-order chi connectivity index (χ0) is 12.5. The summed E-state index contributed by atoms with van der Waals surface area (Å²) in [7, 11) is 1.68. The van der Waals surface area contributed by atoms with Crippen molar-refractivity contribution in [3.63, 3.8) is 0 Å². The second kappa shape index (κ2) is 4.37. The zero-order valence-corrected chi connectivity index (χ0v) is 10.7. The largest absolute Gasteiger partial charge is 0.497 e. The van der Waals surface area contributed by atoms with E-state index in [1.54, 1.807) is 7.11 Å². The lowest BCUT2D eigenvalue weighted by Gasteiger charge is -2.07. The molecule has 18 heavy (non-hydrogen) atoms. The van der Waals surface area contributed by atoms with Crippen LogP contribution in [0.3, 0.4) is 0 Å². The van der Waals surface area contributed by atoms with Gasteiger partial charge in [0.05, 0.1) is 7.11 Å². The smallest absolute Gasteiger partial charge is 0.156 e. The summed E-state index contributed by atoms with van der Waals surface area (Å²) in [5.41, 5.74) is 3.40. The van der Waals surface area contributed by atoms with E-state index in [1.165, 1.54) is 12.8 Å². The summed E-state index contributed by atoms with van der Waals surface area (Å²) in [6.07, 6.45) is 2.49. The Kier molecular flexibility index (Phi) is 2.70. The molecule has 0 saturated heterocycles. The minimum absolute atomic E-state index is 0.602. The molecular weight excluding hydrogens is 226 g/mol. The Morgan fingerprint density at radius 3 is 2.61 bits per heavy atom. The first-order valence-electron chi connectivity index (χ1n) is 6.24. The number of nitrogens with one attached hydrogen (secondary N) is 2. The molecule has 0 spiro atoms. The Morgan fingerprint density at radius 1 is 1.28 bits per heavy atom. The maximum absolute atomic E-state index is 5.18. The van der Waals surface area contributed by atoms with Crippen LogP contribution in [0.15, 0.2) is 24.3 Å². The first kappa shape index (κ1) is 11.1. The van der Waals surface area contributed by atoms with Crippen molar-refractivity contribution >= 4 is 5.82 Å². The summed E-state index contributed by atoms with van der Waals surface area (Å²) in [5, 5.41) is 10.9. The maximum atomic E-state index is 5.18. The van der Waals surface area contributed by atoms with Crippen molar-refractivity contribution in [1.82, 2.24) is 10.2 Å². The Hall–Kier alpha value is -1.97. The van der Waals surface area contributed by atoms with Gasteiger partial charge in [-0.05, 0) is 37.5 Å². The van der Waals surface area contributed by atoms with Gasteiger partial charge in [0.15, 0.2) is 5.82 Å². The molecule has 1 heterocycles. The van der Waals surface area contributed by atoms with Gasteiger partial charge in [0.25, 0.3) is 0 Å². The molecule has 0 bridgehead atoms. The SMILES string of the molecule is COc1ccc(-c2c(NC3CC3)n[nH]c2C)cc1. The third kappa shape index (κ3) is 2.06. The second-order valence-corrected chi connectivity index (χ2v) is 4.72. The van der Waals surface area contributed by atoms with Crippen LogP contribution in [0.2, 0.25) is 0 Å². The summed E-state index contributed by atoms with van der Waals surface area (Å²) in [6, 6.07) is 8.68. The number of benzene rings is 1. The fourth-order valence-corrected chi connectivity index (χ4v) is 2.07. The molecule has 0 radical (unpaired) electrons. The number of rotatable bonds is 4. The molecule has 1 fully saturated rings. The van der Waals surface area contributed by atoms with Gasteiger partial charge in [-0.2, -0.15) is 5.10 Å². The van der Waals surface area contributed by atoms with Crippen LogP contribution in [-0.2, 0) is 0 Å². The van der Waals surface area contributed by atoms with Crippen molar-refractivity contribution in [3.05, 3.63) is 30.0 Å². The molecule has 1 aromatic carbocycles. The van der Waals surface area contributed by atoms with E-state index in [4.69, 9.17) is 4.74 Å². The molecule has 0 unspecified atom stereocenters. The molecule has 1 aliphatic rings. The zero-order valence-electron chi connectivity index (χ0n) is 10.7. The fraction of sp³-hybridized carbons (Fsp3) is 0.357. The normalized spacial score (nSPS) is 14.6. The van der Waals surface area contributed by atoms with E-state index >= 15 is 0 Å². The highest BCUT2D eigenvalue weighted by Crippen LogP contribution is 2.33. The molecule has 0 amide bonds. The van der Waals surface area contributed by atoms with Crippen molar-refractivity contribution in [2.24, 2.45) is 0 Å². The lowest BCUT2D eigenvalue weighted by Crippen LogP contribution is -2.02. The van der Waals surface area contributed by atoms with Gasteiger partial charge in [0.2, 0.25) is 0 Å². The predicted molar refractivity (Wildman–Crippen MR) is 72.0 cm³/mol. The van der Waals surface area contributed by atoms with Gasteiger partial charge < -0.3 is 10.1 Å². The Balaban J connectivity index is 1.95. The van der Waals surface area contributed by atoms with Crippen LogP contribution in [0.1, 0.15) is 18.5 Å². The summed E-state index contributed by atoms with van der Waals surface area (Å²) >= 11 is 0. The third-order valence-corrected chi connectivity index (χ3v) is 3.24. The van der Waals surface area contributed by atoms with Crippen LogP contribution < -0.4 is 10.1 Å². The lowest BCUT2D eigenvalue weighted by atomic mass is 10.1. The number of nitrogens with zero attached hydrogens (tertiary/aromatic N) is 1. The standard InChI is InChI=1S/C14H17N3O/c1-9-13(10-3-7-12(18-2)8-4-10)14(17-16-9)15-11-5-6-11/h3-4,7-8,11H,5-6H2,1-2H3,(H2,15,16,17). The number of ether oxygens (including phenoxy) is 1. The minimum atomic E-state index is 0.602. The van der Waals surface area contributed by atoms with E-state index in [2.05, 4.69) is 27.6 Å². The molecule has 2 N–H and O–H groups in total. The fourth-order valence-electron chi connectivity index (χ4n) is 2.07. The second-order valence-electron chi connectivity index (χ2n) is 4.72. The summed E-state index contributed by atoms with van der Waals surface area (Å²) < 4.78 is 5.18. The van der Waals surface area contributed by atoms with E-state index in [9.17, 15) is 0 Å². The lowest BCUT2D eigenvalue weighted by molar-refractivity contribution is 0.415. The van der Waals surface area contributed by atoms with Crippen LogP contribution in [0.25, 0.3) is 11.1 Å². The van der Waals surface area contributed by atoms with E-state index in [1.807, 2.05) is 19.1 Å². The molecule has 1 saturated carbocycles. The molecule has 0 aliphatic heterocycles. The first-order valence-corrected chi connectivity index (χ1v) is 6.24. The van der Waals surface area contributed by atoms with Crippen molar-refractivity contribution in [2.75, 3.05) is 12.4 Å². The summed E-state index contributed by atoms with van der Waals surface area (Å²) in [6.45, 7) is 2.05. The highest BCUT2D eigenvalue weighted by molar-refractivity contribution is 5.78. The van der Waals surface area contributed by atoms with Gasteiger partial charge in [-0.3, -0.25) is 5.10 Å². The Labute approximate surface area is 106 Å². The maximum Gasteiger partial charge on any atom is 0.156 e. The quantitative estimate of drug-likeness (QED) is 0.868. The third-order valence-electron chi connectivity index (χ3n) is 3.24. The number of methoxy groups -OCH3 is 1. The number of aryl methyl sites for hydroxylation is 1. The number of aromatic nitrogens is 2. The van der Waals surface area contributed by atoms with Crippen LogP contribution in [0.5, 0.6) is 5.75 Å². The van der Waals surface area contributed by atoms with Crippen molar-refractivity contribution < 1.29 is 4.74 Å².